The maximum atomic E-state index is 14.0. The van der Waals surface area contributed by atoms with Crippen LogP contribution >= 0.6 is 11.8 Å². The van der Waals surface area contributed by atoms with Crippen LogP contribution in [0.3, 0.4) is 0 Å². The van der Waals surface area contributed by atoms with E-state index in [1.165, 1.54) is 24.1 Å². The van der Waals surface area contributed by atoms with Gasteiger partial charge in [0.25, 0.3) is 0 Å². The maximum Gasteiger partial charge on any atom is 0.414 e. The van der Waals surface area contributed by atoms with Crippen LogP contribution in [0.4, 0.5) is 14.9 Å². The summed E-state index contributed by atoms with van der Waals surface area (Å²) < 4.78 is 23.4. The van der Waals surface area contributed by atoms with Crippen LogP contribution in [0.1, 0.15) is 0 Å². The monoisotopic (exact) mass is 540 g/mol. The van der Waals surface area contributed by atoms with Crippen molar-refractivity contribution in [1.82, 2.24) is 0 Å². The number of ether oxygens (including phenoxy) is 2. The van der Waals surface area contributed by atoms with Crippen LogP contribution < -0.4 is 4.90 Å². The molecule has 117 valence electrons. The number of nitrogens with one attached hydrogen (secondary N) is 1. The van der Waals surface area contributed by atoms with E-state index in [1.807, 2.05) is 0 Å². The van der Waals surface area contributed by atoms with Crippen LogP contribution in [-0.4, -0.2) is 44.1 Å². The summed E-state index contributed by atoms with van der Waals surface area (Å²) in [6.45, 7) is 0.203. The molecular weight excluding hydrogens is 526 g/mol. The number of anilines is 1. The number of benzene rings is 1. The van der Waals surface area contributed by atoms with E-state index in [-0.39, 0.29) is 62.9 Å². The Kier molecular flexibility index (Phi) is 8.11. The number of amides is 1. The van der Waals surface area contributed by atoms with Crippen LogP contribution in [0.5, 0.6) is 0 Å². The molecule has 1 saturated heterocycles. The average Bonchev–Trinajstić information content (AvgIpc) is 2.86. The van der Waals surface area contributed by atoms with Gasteiger partial charge in [-0.25, -0.2) is 9.18 Å². The van der Waals surface area contributed by atoms with Gasteiger partial charge in [-0.15, -0.1) is 18.3 Å². The second-order valence-electron chi connectivity index (χ2n) is 4.30. The third-order valence-corrected chi connectivity index (χ3v) is 3.92. The molecule has 0 spiro atoms. The largest absolute Gasteiger partial charge is 0.674 e. The van der Waals surface area contributed by atoms with Gasteiger partial charge in [-0.1, -0.05) is 0 Å². The first kappa shape index (κ1) is 19.7. The van der Waals surface area contributed by atoms with Gasteiger partial charge in [-0.2, -0.15) is 0 Å². The second kappa shape index (κ2) is 9.06. The van der Waals surface area contributed by atoms with E-state index in [4.69, 9.17) is 10.5 Å². The summed E-state index contributed by atoms with van der Waals surface area (Å²) in [6, 6.07) is 4.29. The van der Waals surface area contributed by atoms with Gasteiger partial charge in [0, 0.05) is 49.0 Å². The van der Waals surface area contributed by atoms with Crippen LogP contribution in [0.2, 0.25) is 0 Å². The number of thioether (sulfide) groups is 1. The maximum absolute atomic E-state index is 14.0. The van der Waals surface area contributed by atoms with E-state index in [2.05, 4.69) is 4.74 Å². The minimum absolute atomic E-state index is 0. The number of esters is 1. The summed E-state index contributed by atoms with van der Waals surface area (Å²) in [5, 5.41) is 0. The number of hydrogen-bond donors (Lipinski definition) is 0. The molecule has 1 fully saturated rings. The molecule has 1 heterocycles. The number of cyclic esters (lactones) is 1. The first-order valence-electron chi connectivity index (χ1n) is 6.17. The predicted octanol–water partition coefficient (Wildman–Crippen LogP) is 2.47. The minimum atomic E-state index is -0.582. The molecule has 0 bridgehead atoms. The molecule has 1 N–H and O–H groups in total. The van der Waals surface area contributed by atoms with Crippen molar-refractivity contribution in [2.45, 2.75) is 11.0 Å². The van der Waals surface area contributed by atoms with Crippen molar-refractivity contribution in [1.29, 1.82) is 0 Å². The Labute approximate surface area is 167 Å². The van der Waals surface area contributed by atoms with E-state index < -0.39 is 24.0 Å². The zero-order chi connectivity index (χ0) is 15.4. The third-order valence-electron chi connectivity index (χ3n) is 2.90. The topological polar surface area (TPSA) is 79.6 Å². The first-order valence-corrected chi connectivity index (χ1v) is 7.15. The Morgan fingerprint density at radius 2 is 2.32 bits per heavy atom. The van der Waals surface area contributed by atoms with E-state index in [0.29, 0.717) is 10.6 Å². The summed E-state index contributed by atoms with van der Waals surface area (Å²) in [5.41, 5.74) is 7.58. The molecule has 1 amide bonds. The molecule has 22 heavy (non-hydrogen) atoms. The fraction of sp³-hybridized carbons (Fsp3) is 0.385. The van der Waals surface area contributed by atoms with E-state index in [9.17, 15) is 14.0 Å². The van der Waals surface area contributed by atoms with Gasteiger partial charge >= 0.3 is 12.1 Å². The van der Waals surface area contributed by atoms with Crippen LogP contribution in [0.25, 0.3) is 5.73 Å². The molecule has 0 aliphatic carbocycles. The van der Waals surface area contributed by atoms with Crippen molar-refractivity contribution in [3.8, 4) is 0 Å². The van der Waals surface area contributed by atoms with Gasteiger partial charge in [-0.05, 0) is 18.2 Å². The van der Waals surface area contributed by atoms with Crippen molar-refractivity contribution < 1.29 is 67.5 Å². The average molecular weight is 540 g/mol. The zero-order valence-electron chi connectivity index (χ0n) is 11.9. The van der Waals surface area contributed by atoms with Gasteiger partial charge in [0.1, 0.15) is 11.9 Å². The van der Waals surface area contributed by atoms with Gasteiger partial charge in [-0.3, -0.25) is 9.69 Å². The molecule has 1 radical (unpaired) electrons. The molecule has 1 aliphatic heterocycles. The second-order valence-corrected chi connectivity index (χ2v) is 5.32. The Morgan fingerprint density at radius 1 is 1.59 bits per heavy atom. The Bertz CT molecular complexity index is 561. The van der Waals surface area contributed by atoms with E-state index in [0.717, 1.165) is 11.8 Å². The van der Waals surface area contributed by atoms with Gasteiger partial charge in [0.05, 0.1) is 25.1 Å². The van der Waals surface area contributed by atoms with Crippen LogP contribution in [0, 0.1) is 49.9 Å². The number of methoxy groups -OCH3 is 1. The van der Waals surface area contributed by atoms with E-state index >= 15 is 0 Å². The number of carbonyl (C=O) groups is 2. The quantitative estimate of drug-likeness (QED) is 0.424. The smallest absolute Gasteiger partial charge is 0.414 e. The standard InChI is InChI=1S/C13H14FN2O4S.Ac/c1-19-12(17)7-21-11-3-2-8(4-10(11)14)16-6-9(5-15)20-13(16)18;/h2-4,9,15H,5-7H2,1H3;/q-1;/t9-;/m0./s1. The van der Waals surface area contributed by atoms with E-state index in [1.54, 1.807) is 6.07 Å². The van der Waals surface area contributed by atoms with Crippen molar-refractivity contribution in [3.05, 3.63) is 29.7 Å². The molecule has 2 rings (SSSR count). The molecule has 1 aromatic rings. The summed E-state index contributed by atoms with van der Waals surface area (Å²) in [4.78, 5) is 24.2. The molecule has 1 aromatic carbocycles. The van der Waals surface area contributed by atoms with Crippen molar-refractivity contribution in [3.63, 3.8) is 0 Å². The summed E-state index contributed by atoms with van der Waals surface area (Å²) in [5.74, 6) is -0.951. The van der Waals surface area contributed by atoms with Crippen LogP contribution in [-0.2, 0) is 14.3 Å². The fourth-order valence-corrected chi connectivity index (χ4v) is 2.56. The number of nitrogens with zero attached hydrogens (tertiary/aromatic N) is 1. The molecular formula is C13H14AcFN2O4S-. The molecule has 6 nitrogen and oxygen atoms in total. The summed E-state index contributed by atoms with van der Waals surface area (Å²) in [7, 11) is 1.27. The number of hydrogen-bond acceptors (Lipinski definition) is 5. The summed E-state index contributed by atoms with van der Waals surface area (Å²) >= 11 is 1.02. The normalized spacial score (nSPS) is 17.0. The molecule has 1 atom stereocenters. The molecule has 0 aromatic heterocycles. The zero-order valence-corrected chi connectivity index (χ0v) is 17.4. The van der Waals surface area contributed by atoms with Crippen molar-refractivity contribution in [2.24, 2.45) is 0 Å². The molecule has 0 unspecified atom stereocenters. The first-order chi connectivity index (χ1) is 10.0. The molecule has 1 aliphatic rings. The Morgan fingerprint density at radius 3 is 2.86 bits per heavy atom. The van der Waals surface area contributed by atoms with Gasteiger partial charge in [0.15, 0.2) is 0 Å². The van der Waals surface area contributed by atoms with Crippen molar-refractivity contribution in [2.75, 3.05) is 30.9 Å². The number of carbonyl (C=O) groups excluding carboxylic acids is 2. The Balaban J connectivity index is 0.00000242. The minimum Gasteiger partial charge on any atom is -0.674 e. The Hall–Kier alpha value is -0.358. The fourth-order valence-electron chi connectivity index (χ4n) is 1.81. The third kappa shape index (κ3) is 4.82. The predicted molar refractivity (Wildman–Crippen MR) is 75.9 cm³/mol. The van der Waals surface area contributed by atoms with Crippen molar-refractivity contribution >= 4 is 29.5 Å². The molecule has 9 heteroatoms. The molecule has 0 saturated carbocycles. The van der Waals surface area contributed by atoms with Gasteiger partial charge < -0.3 is 15.2 Å². The SMILES string of the molecule is COC(=O)CSc1ccc(N2C[C@H](C[NH-])OC2=O)cc1F.[Ac]. The number of halogens is 1. The number of rotatable bonds is 5. The summed E-state index contributed by atoms with van der Waals surface area (Å²) in [6.07, 6.45) is -1.07. The van der Waals surface area contributed by atoms with Gasteiger partial charge in [0.2, 0.25) is 0 Å². The van der Waals surface area contributed by atoms with Crippen LogP contribution in [0.15, 0.2) is 23.1 Å².